The summed E-state index contributed by atoms with van der Waals surface area (Å²) in [6.07, 6.45) is 0. The third-order valence-corrected chi connectivity index (χ3v) is 1.71. The lowest BCUT2D eigenvalue weighted by Crippen LogP contribution is -1.99. The monoisotopic (exact) mass is 197 g/mol. The standard InChI is InChI=1S/C10H9ClFN/c11-5-1-2-8-3-4-9(7-13)10(12)6-8/h3-4,6H,5,7,13H2. The van der Waals surface area contributed by atoms with Gasteiger partial charge in [0, 0.05) is 17.7 Å². The van der Waals surface area contributed by atoms with Crippen molar-refractivity contribution in [1.29, 1.82) is 0 Å². The van der Waals surface area contributed by atoms with Crippen molar-refractivity contribution in [3.8, 4) is 11.8 Å². The fourth-order valence-corrected chi connectivity index (χ4v) is 0.993. The van der Waals surface area contributed by atoms with Crippen LogP contribution >= 0.6 is 11.6 Å². The molecular weight excluding hydrogens is 189 g/mol. The summed E-state index contributed by atoms with van der Waals surface area (Å²) in [6, 6.07) is 4.72. The minimum atomic E-state index is -0.316. The molecule has 0 bridgehead atoms. The highest BCUT2D eigenvalue weighted by Gasteiger charge is 1.99. The Bertz CT molecular complexity index is 352. The molecule has 0 heterocycles. The molecule has 1 rings (SSSR count). The molecule has 0 fully saturated rings. The van der Waals surface area contributed by atoms with Gasteiger partial charge in [-0.25, -0.2) is 4.39 Å². The predicted molar refractivity (Wildman–Crippen MR) is 51.9 cm³/mol. The van der Waals surface area contributed by atoms with Gasteiger partial charge in [-0.2, -0.15) is 0 Å². The number of halogens is 2. The van der Waals surface area contributed by atoms with E-state index < -0.39 is 0 Å². The van der Waals surface area contributed by atoms with Gasteiger partial charge in [0.2, 0.25) is 0 Å². The second-order valence-corrected chi connectivity index (χ2v) is 2.71. The average molecular weight is 198 g/mol. The average Bonchev–Trinajstić information content (AvgIpc) is 2.15. The second-order valence-electron chi connectivity index (χ2n) is 2.45. The summed E-state index contributed by atoms with van der Waals surface area (Å²) in [5.41, 5.74) is 6.42. The summed E-state index contributed by atoms with van der Waals surface area (Å²) < 4.78 is 13.1. The lowest BCUT2D eigenvalue weighted by molar-refractivity contribution is 0.610. The van der Waals surface area contributed by atoms with Gasteiger partial charge in [-0.1, -0.05) is 17.9 Å². The third-order valence-electron chi connectivity index (χ3n) is 1.57. The summed E-state index contributed by atoms with van der Waals surface area (Å²) >= 11 is 5.36. The van der Waals surface area contributed by atoms with Crippen LogP contribution in [0.4, 0.5) is 4.39 Å². The maximum Gasteiger partial charge on any atom is 0.128 e. The van der Waals surface area contributed by atoms with Gasteiger partial charge in [-0.3, -0.25) is 0 Å². The lowest BCUT2D eigenvalue weighted by Gasteiger charge is -1.98. The molecule has 3 heteroatoms. The molecule has 1 nitrogen and oxygen atoms in total. The molecule has 13 heavy (non-hydrogen) atoms. The van der Waals surface area contributed by atoms with Gasteiger partial charge in [-0.15, -0.1) is 11.6 Å². The van der Waals surface area contributed by atoms with E-state index in [9.17, 15) is 4.39 Å². The largest absolute Gasteiger partial charge is 0.326 e. The molecule has 68 valence electrons. The minimum absolute atomic E-state index is 0.203. The topological polar surface area (TPSA) is 26.0 Å². The van der Waals surface area contributed by atoms with E-state index in [2.05, 4.69) is 11.8 Å². The molecule has 0 aromatic heterocycles. The molecule has 0 saturated carbocycles. The lowest BCUT2D eigenvalue weighted by atomic mass is 10.1. The SMILES string of the molecule is NCc1ccc(C#CCCl)cc1F. The Morgan fingerprint density at radius 1 is 1.46 bits per heavy atom. The van der Waals surface area contributed by atoms with Gasteiger partial charge < -0.3 is 5.73 Å². The van der Waals surface area contributed by atoms with E-state index in [1.165, 1.54) is 6.07 Å². The Kier molecular flexibility index (Phi) is 3.75. The zero-order valence-electron chi connectivity index (χ0n) is 6.98. The fraction of sp³-hybridized carbons (Fsp3) is 0.200. The molecule has 0 aliphatic heterocycles. The molecule has 0 radical (unpaired) electrons. The molecule has 0 spiro atoms. The smallest absolute Gasteiger partial charge is 0.128 e. The Balaban J connectivity index is 2.96. The van der Waals surface area contributed by atoms with Crippen LogP contribution in [0.1, 0.15) is 11.1 Å². The highest BCUT2D eigenvalue weighted by Crippen LogP contribution is 2.08. The first-order chi connectivity index (χ1) is 6.27. The van der Waals surface area contributed by atoms with Gasteiger partial charge in [0.05, 0.1) is 5.88 Å². The van der Waals surface area contributed by atoms with Crippen LogP contribution in [0.15, 0.2) is 18.2 Å². The summed E-state index contributed by atoms with van der Waals surface area (Å²) in [7, 11) is 0. The highest BCUT2D eigenvalue weighted by molar-refractivity contribution is 6.19. The quantitative estimate of drug-likeness (QED) is 0.540. The summed E-state index contributed by atoms with van der Waals surface area (Å²) in [5, 5.41) is 0. The van der Waals surface area contributed by atoms with E-state index in [1.54, 1.807) is 12.1 Å². The van der Waals surface area contributed by atoms with E-state index in [0.29, 0.717) is 11.1 Å². The molecule has 2 N–H and O–H groups in total. The maximum absolute atomic E-state index is 13.1. The van der Waals surface area contributed by atoms with Crippen LogP contribution < -0.4 is 5.73 Å². The zero-order valence-corrected chi connectivity index (χ0v) is 7.74. The normalized spacial score (nSPS) is 9.15. The Morgan fingerprint density at radius 3 is 2.77 bits per heavy atom. The van der Waals surface area contributed by atoms with Crippen LogP contribution in [-0.4, -0.2) is 5.88 Å². The van der Waals surface area contributed by atoms with Crippen LogP contribution in [-0.2, 0) is 6.54 Å². The van der Waals surface area contributed by atoms with Crippen molar-refractivity contribution in [2.24, 2.45) is 5.73 Å². The summed E-state index contributed by atoms with van der Waals surface area (Å²) in [6.45, 7) is 0.203. The molecule has 0 atom stereocenters. The summed E-state index contributed by atoms with van der Waals surface area (Å²) in [4.78, 5) is 0. The number of rotatable bonds is 1. The number of hydrogen-bond acceptors (Lipinski definition) is 1. The van der Waals surface area contributed by atoms with Gasteiger partial charge in [0.15, 0.2) is 0 Å². The van der Waals surface area contributed by atoms with Crippen molar-refractivity contribution in [3.63, 3.8) is 0 Å². The van der Waals surface area contributed by atoms with Gasteiger partial charge >= 0.3 is 0 Å². The molecule has 0 unspecified atom stereocenters. The molecular formula is C10H9ClFN. The van der Waals surface area contributed by atoms with Gasteiger partial charge in [0.25, 0.3) is 0 Å². The first kappa shape index (κ1) is 10.0. The van der Waals surface area contributed by atoms with Crippen LogP contribution in [0.25, 0.3) is 0 Å². The second kappa shape index (κ2) is 4.86. The van der Waals surface area contributed by atoms with Crippen molar-refractivity contribution in [2.75, 3.05) is 5.88 Å². The molecule has 0 saturated heterocycles. The third kappa shape index (κ3) is 2.73. The number of alkyl halides is 1. The van der Waals surface area contributed by atoms with E-state index in [0.717, 1.165) is 0 Å². The zero-order chi connectivity index (χ0) is 9.68. The molecule has 0 amide bonds. The van der Waals surface area contributed by atoms with E-state index in [4.69, 9.17) is 17.3 Å². The molecule has 0 aliphatic carbocycles. The first-order valence-electron chi connectivity index (χ1n) is 3.81. The van der Waals surface area contributed by atoms with Crippen LogP contribution in [0.5, 0.6) is 0 Å². The van der Waals surface area contributed by atoms with E-state index in [-0.39, 0.29) is 18.2 Å². The maximum atomic E-state index is 13.1. The van der Waals surface area contributed by atoms with Crippen molar-refractivity contribution >= 4 is 11.6 Å². The Morgan fingerprint density at radius 2 is 2.23 bits per heavy atom. The van der Waals surface area contributed by atoms with Crippen LogP contribution in [0.2, 0.25) is 0 Å². The first-order valence-corrected chi connectivity index (χ1v) is 4.34. The van der Waals surface area contributed by atoms with Crippen molar-refractivity contribution in [1.82, 2.24) is 0 Å². The van der Waals surface area contributed by atoms with E-state index >= 15 is 0 Å². The van der Waals surface area contributed by atoms with E-state index in [1.807, 2.05) is 0 Å². The van der Waals surface area contributed by atoms with Crippen molar-refractivity contribution < 1.29 is 4.39 Å². The van der Waals surface area contributed by atoms with Crippen LogP contribution in [0.3, 0.4) is 0 Å². The fourth-order valence-electron chi connectivity index (χ4n) is 0.926. The van der Waals surface area contributed by atoms with Gasteiger partial charge in [0.1, 0.15) is 5.82 Å². The number of nitrogens with two attached hydrogens (primary N) is 1. The number of benzene rings is 1. The number of hydrogen-bond donors (Lipinski definition) is 1. The highest BCUT2D eigenvalue weighted by atomic mass is 35.5. The molecule has 0 aliphatic rings. The van der Waals surface area contributed by atoms with Gasteiger partial charge in [-0.05, 0) is 12.1 Å². The van der Waals surface area contributed by atoms with Crippen molar-refractivity contribution in [2.45, 2.75) is 6.54 Å². The Labute approximate surface area is 81.7 Å². The minimum Gasteiger partial charge on any atom is -0.326 e. The molecule has 1 aromatic carbocycles. The Hall–Kier alpha value is -1.04. The molecule has 1 aromatic rings. The predicted octanol–water partition coefficient (Wildman–Crippen LogP) is 1.87. The van der Waals surface area contributed by atoms with Crippen molar-refractivity contribution in [3.05, 3.63) is 35.1 Å². The summed E-state index contributed by atoms with van der Waals surface area (Å²) in [5.74, 6) is 5.30. The van der Waals surface area contributed by atoms with Crippen LogP contribution in [0, 0.1) is 17.7 Å².